The van der Waals surface area contributed by atoms with E-state index in [-0.39, 0.29) is 23.3 Å². The number of halogens is 2. The fraction of sp³-hybridized carbons (Fsp3) is 0.462. The van der Waals surface area contributed by atoms with Crippen LogP contribution in [0.3, 0.4) is 0 Å². The van der Waals surface area contributed by atoms with E-state index >= 15 is 0 Å². The predicted molar refractivity (Wildman–Crippen MR) is 77.6 cm³/mol. The molecule has 0 heterocycles. The number of benzene rings is 1. The van der Waals surface area contributed by atoms with E-state index in [1.807, 2.05) is 0 Å². The van der Waals surface area contributed by atoms with Gasteiger partial charge in [0.25, 0.3) is 5.91 Å². The summed E-state index contributed by atoms with van der Waals surface area (Å²) in [7, 11) is 0. The molecule has 18 heavy (non-hydrogen) atoms. The second-order valence-corrected chi connectivity index (χ2v) is 5.69. The van der Waals surface area contributed by atoms with Crippen molar-refractivity contribution < 1.29 is 9.90 Å². The fourth-order valence-corrected chi connectivity index (χ4v) is 2.29. The van der Waals surface area contributed by atoms with Gasteiger partial charge in [-0.05, 0) is 30.5 Å². The summed E-state index contributed by atoms with van der Waals surface area (Å²) in [6, 6.07) is 4.56. The highest BCUT2D eigenvalue weighted by Gasteiger charge is 2.18. The molecule has 5 heteroatoms. The molecule has 0 saturated carbocycles. The van der Waals surface area contributed by atoms with Gasteiger partial charge in [0.05, 0.1) is 5.56 Å². The molecule has 0 aromatic heterocycles. The maximum Gasteiger partial charge on any atom is 0.255 e. The zero-order valence-corrected chi connectivity index (χ0v) is 12.8. The molecule has 0 spiro atoms. The summed E-state index contributed by atoms with van der Waals surface area (Å²) in [4.78, 5) is 12.0. The molecule has 1 unspecified atom stereocenters. The lowest BCUT2D eigenvalue weighted by Crippen LogP contribution is -2.38. The summed E-state index contributed by atoms with van der Waals surface area (Å²) in [5, 5.41) is 13.8. The van der Waals surface area contributed by atoms with E-state index in [1.165, 1.54) is 12.1 Å². The molecule has 1 aromatic carbocycles. The molecule has 1 atom stereocenters. The summed E-state index contributed by atoms with van der Waals surface area (Å²) in [6.45, 7) is 4.10. The van der Waals surface area contributed by atoms with Crippen LogP contribution in [0.4, 0.5) is 0 Å². The van der Waals surface area contributed by atoms with Gasteiger partial charge in [-0.2, -0.15) is 0 Å². The molecule has 1 aromatic rings. The minimum atomic E-state index is -0.274. The molecule has 0 aliphatic carbocycles. The Labute approximate surface area is 121 Å². The number of alkyl halides is 1. The SMILES string of the molecule is CC(C)C(CCBr)NC(=O)c1ccc(Cl)cc1O. The maximum absolute atomic E-state index is 12.0. The van der Waals surface area contributed by atoms with Crippen molar-refractivity contribution in [2.24, 2.45) is 5.92 Å². The van der Waals surface area contributed by atoms with Crippen LogP contribution in [0.15, 0.2) is 18.2 Å². The third-order valence-corrected chi connectivity index (χ3v) is 3.44. The van der Waals surface area contributed by atoms with Gasteiger partial charge in [0.1, 0.15) is 5.75 Å². The van der Waals surface area contributed by atoms with Crippen molar-refractivity contribution in [2.75, 3.05) is 5.33 Å². The Morgan fingerprint density at radius 1 is 1.50 bits per heavy atom. The van der Waals surface area contributed by atoms with Gasteiger partial charge in [0.2, 0.25) is 0 Å². The minimum absolute atomic E-state index is 0.0759. The molecule has 0 bridgehead atoms. The Kier molecular flexibility index (Phi) is 5.96. The van der Waals surface area contributed by atoms with Gasteiger partial charge in [0, 0.05) is 16.4 Å². The van der Waals surface area contributed by atoms with Crippen LogP contribution in [0.1, 0.15) is 30.6 Å². The molecule has 0 fully saturated rings. The second-order valence-electron chi connectivity index (χ2n) is 4.46. The first kappa shape index (κ1) is 15.3. The van der Waals surface area contributed by atoms with Crippen LogP contribution in [0, 0.1) is 5.92 Å². The van der Waals surface area contributed by atoms with E-state index < -0.39 is 0 Å². The van der Waals surface area contributed by atoms with Crippen molar-refractivity contribution in [1.82, 2.24) is 5.32 Å². The molecule has 0 saturated heterocycles. The number of carbonyl (C=O) groups is 1. The molecule has 3 nitrogen and oxygen atoms in total. The quantitative estimate of drug-likeness (QED) is 0.809. The van der Waals surface area contributed by atoms with Crippen molar-refractivity contribution >= 4 is 33.4 Å². The highest BCUT2D eigenvalue weighted by atomic mass is 79.9. The van der Waals surface area contributed by atoms with Crippen LogP contribution < -0.4 is 5.32 Å². The first-order chi connectivity index (χ1) is 8.45. The molecule has 1 rings (SSSR count). The summed E-state index contributed by atoms with van der Waals surface area (Å²) in [5.41, 5.74) is 0.250. The molecule has 1 amide bonds. The smallest absolute Gasteiger partial charge is 0.255 e. The maximum atomic E-state index is 12.0. The first-order valence-electron chi connectivity index (χ1n) is 5.81. The van der Waals surface area contributed by atoms with Crippen LogP contribution >= 0.6 is 27.5 Å². The van der Waals surface area contributed by atoms with E-state index in [4.69, 9.17) is 11.6 Å². The summed E-state index contributed by atoms with van der Waals surface area (Å²) in [5.74, 6) is -0.0360. The van der Waals surface area contributed by atoms with E-state index in [0.717, 1.165) is 11.8 Å². The minimum Gasteiger partial charge on any atom is -0.507 e. The Hall–Kier alpha value is -0.740. The van der Waals surface area contributed by atoms with Crippen LogP contribution in [0.25, 0.3) is 0 Å². The van der Waals surface area contributed by atoms with E-state index in [1.54, 1.807) is 6.07 Å². The van der Waals surface area contributed by atoms with Crippen LogP contribution in [0.2, 0.25) is 5.02 Å². The van der Waals surface area contributed by atoms with Crippen molar-refractivity contribution in [3.8, 4) is 5.75 Å². The molecule has 0 radical (unpaired) electrons. The normalized spacial score (nSPS) is 12.5. The van der Waals surface area contributed by atoms with E-state index in [2.05, 4.69) is 35.1 Å². The topological polar surface area (TPSA) is 49.3 Å². The summed E-state index contributed by atoms with van der Waals surface area (Å²) < 4.78 is 0. The van der Waals surface area contributed by atoms with Crippen molar-refractivity contribution in [3.05, 3.63) is 28.8 Å². The van der Waals surface area contributed by atoms with Gasteiger partial charge >= 0.3 is 0 Å². The molecule has 0 aliphatic rings. The largest absolute Gasteiger partial charge is 0.507 e. The van der Waals surface area contributed by atoms with Gasteiger partial charge in [-0.15, -0.1) is 0 Å². The number of nitrogens with one attached hydrogen (secondary N) is 1. The number of phenols is 1. The zero-order valence-electron chi connectivity index (χ0n) is 10.4. The van der Waals surface area contributed by atoms with Crippen molar-refractivity contribution in [3.63, 3.8) is 0 Å². The number of amides is 1. The van der Waals surface area contributed by atoms with Crippen LogP contribution in [-0.4, -0.2) is 22.4 Å². The van der Waals surface area contributed by atoms with Crippen LogP contribution in [-0.2, 0) is 0 Å². The van der Waals surface area contributed by atoms with Crippen LogP contribution in [0.5, 0.6) is 5.75 Å². The van der Waals surface area contributed by atoms with Gasteiger partial charge in [-0.1, -0.05) is 41.4 Å². The Bertz CT molecular complexity index is 423. The third kappa shape index (κ3) is 4.18. The third-order valence-electron chi connectivity index (χ3n) is 2.75. The molecule has 0 aliphatic heterocycles. The lowest BCUT2D eigenvalue weighted by atomic mass is 10.0. The number of carbonyl (C=O) groups excluding carboxylic acids is 1. The number of phenolic OH excluding ortho intramolecular Hbond substituents is 1. The number of hydrogen-bond donors (Lipinski definition) is 2. The number of hydrogen-bond acceptors (Lipinski definition) is 2. The summed E-state index contributed by atoms with van der Waals surface area (Å²) >= 11 is 9.10. The van der Waals surface area contributed by atoms with Gasteiger partial charge < -0.3 is 10.4 Å². The Balaban J connectivity index is 2.80. The predicted octanol–water partition coefficient (Wildman–Crippen LogP) is 3.59. The van der Waals surface area contributed by atoms with E-state index in [0.29, 0.717) is 10.9 Å². The van der Waals surface area contributed by atoms with Crippen molar-refractivity contribution in [1.29, 1.82) is 0 Å². The fourth-order valence-electron chi connectivity index (χ4n) is 1.63. The molecule has 2 N–H and O–H groups in total. The molecular weight excluding hydrogens is 318 g/mol. The molecule has 100 valence electrons. The monoisotopic (exact) mass is 333 g/mol. The van der Waals surface area contributed by atoms with Gasteiger partial charge in [-0.25, -0.2) is 0 Å². The number of aromatic hydroxyl groups is 1. The van der Waals surface area contributed by atoms with Crippen molar-refractivity contribution in [2.45, 2.75) is 26.3 Å². The first-order valence-corrected chi connectivity index (χ1v) is 7.31. The lowest BCUT2D eigenvalue weighted by molar-refractivity contribution is 0.0922. The molecular formula is C13H17BrClNO2. The lowest BCUT2D eigenvalue weighted by Gasteiger charge is -2.21. The zero-order chi connectivity index (χ0) is 13.7. The highest BCUT2D eigenvalue weighted by Crippen LogP contribution is 2.22. The second kappa shape index (κ2) is 7.00. The Morgan fingerprint density at radius 3 is 2.67 bits per heavy atom. The van der Waals surface area contributed by atoms with Gasteiger partial charge in [0.15, 0.2) is 0 Å². The van der Waals surface area contributed by atoms with Gasteiger partial charge in [-0.3, -0.25) is 4.79 Å². The highest BCUT2D eigenvalue weighted by molar-refractivity contribution is 9.09. The summed E-state index contributed by atoms with van der Waals surface area (Å²) in [6.07, 6.45) is 0.845. The standard InChI is InChI=1S/C13H17BrClNO2/c1-8(2)11(5-6-14)16-13(18)10-4-3-9(15)7-12(10)17/h3-4,7-8,11,17H,5-6H2,1-2H3,(H,16,18). The van der Waals surface area contributed by atoms with E-state index in [9.17, 15) is 9.90 Å². The Morgan fingerprint density at radius 2 is 2.17 bits per heavy atom. The average molecular weight is 335 g/mol. The number of rotatable bonds is 5. The average Bonchev–Trinajstić information content (AvgIpc) is 2.27.